The Bertz CT molecular complexity index is 847. The zero-order chi connectivity index (χ0) is 15.8. The molecule has 1 aromatic carbocycles. The van der Waals surface area contributed by atoms with E-state index in [0.717, 1.165) is 36.1 Å². The summed E-state index contributed by atoms with van der Waals surface area (Å²) >= 11 is 0. The highest BCUT2D eigenvalue weighted by Gasteiger charge is 2.37. The van der Waals surface area contributed by atoms with Gasteiger partial charge in [0.1, 0.15) is 12.2 Å². The van der Waals surface area contributed by atoms with E-state index in [9.17, 15) is 4.79 Å². The van der Waals surface area contributed by atoms with Gasteiger partial charge in [-0.2, -0.15) is 10.2 Å². The van der Waals surface area contributed by atoms with Crippen molar-refractivity contribution in [2.24, 2.45) is 5.92 Å². The van der Waals surface area contributed by atoms with Crippen molar-refractivity contribution < 1.29 is 4.79 Å². The Morgan fingerprint density at radius 3 is 3.04 bits per heavy atom. The van der Waals surface area contributed by atoms with Crippen LogP contribution in [0.15, 0.2) is 30.6 Å². The van der Waals surface area contributed by atoms with Gasteiger partial charge in [-0.1, -0.05) is 18.2 Å². The van der Waals surface area contributed by atoms with Crippen molar-refractivity contribution in [2.75, 3.05) is 0 Å². The molecular formula is C16H18N6O. The molecule has 1 unspecified atom stereocenters. The zero-order valence-electron chi connectivity index (χ0n) is 12.9. The molecule has 0 aliphatic heterocycles. The number of carbonyl (C=O) groups excluding carboxylic acids is 1. The lowest BCUT2D eigenvalue weighted by molar-refractivity contribution is 0.0925. The summed E-state index contributed by atoms with van der Waals surface area (Å²) < 4.78 is 1.84. The molecule has 1 atom stereocenters. The molecule has 1 aliphatic carbocycles. The Balaban J connectivity index is 1.63. The van der Waals surface area contributed by atoms with Gasteiger partial charge in [0.25, 0.3) is 5.91 Å². The van der Waals surface area contributed by atoms with Crippen LogP contribution in [0.25, 0.3) is 10.9 Å². The average molecular weight is 310 g/mol. The molecule has 0 bridgehead atoms. The van der Waals surface area contributed by atoms with E-state index in [1.807, 2.05) is 35.9 Å². The third-order valence-corrected chi connectivity index (χ3v) is 4.29. The van der Waals surface area contributed by atoms with Gasteiger partial charge in [-0.3, -0.25) is 9.89 Å². The predicted octanol–water partition coefficient (Wildman–Crippen LogP) is 2.06. The topological polar surface area (TPSA) is 88.5 Å². The number of nitrogens with one attached hydrogen (secondary N) is 2. The number of H-pyrrole nitrogens is 1. The monoisotopic (exact) mass is 310 g/mol. The Hall–Kier alpha value is -2.70. The highest BCUT2D eigenvalue weighted by molar-refractivity contribution is 6.04. The van der Waals surface area contributed by atoms with Gasteiger partial charge >= 0.3 is 0 Å². The first-order valence-electron chi connectivity index (χ1n) is 7.89. The van der Waals surface area contributed by atoms with Gasteiger partial charge in [0.15, 0.2) is 5.69 Å². The molecule has 7 heteroatoms. The molecule has 7 nitrogen and oxygen atoms in total. The van der Waals surface area contributed by atoms with Crippen molar-refractivity contribution in [3.63, 3.8) is 0 Å². The highest BCUT2D eigenvalue weighted by Crippen LogP contribution is 2.40. The third-order valence-electron chi connectivity index (χ3n) is 4.29. The minimum absolute atomic E-state index is 0.111. The summed E-state index contributed by atoms with van der Waals surface area (Å²) in [5, 5.41) is 15.2. The summed E-state index contributed by atoms with van der Waals surface area (Å²) in [7, 11) is 0. The van der Waals surface area contributed by atoms with Crippen LogP contribution in [0, 0.1) is 5.92 Å². The highest BCUT2D eigenvalue weighted by atomic mass is 16.2. The van der Waals surface area contributed by atoms with Crippen molar-refractivity contribution in [2.45, 2.75) is 32.4 Å². The van der Waals surface area contributed by atoms with E-state index in [2.05, 4.69) is 25.6 Å². The minimum Gasteiger partial charge on any atom is -0.340 e. The Morgan fingerprint density at radius 2 is 2.26 bits per heavy atom. The fraction of sp³-hybridized carbons (Fsp3) is 0.375. The zero-order valence-corrected chi connectivity index (χ0v) is 12.9. The predicted molar refractivity (Wildman–Crippen MR) is 84.7 cm³/mol. The molecule has 4 rings (SSSR count). The summed E-state index contributed by atoms with van der Waals surface area (Å²) in [6.45, 7) is 2.75. The number of aromatic amines is 1. The first-order chi connectivity index (χ1) is 11.3. The molecule has 0 radical (unpaired) electrons. The molecule has 3 aromatic rings. The van der Waals surface area contributed by atoms with E-state index in [0.29, 0.717) is 11.6 Å². The normalized spacial score (nSPS) is 15.7. The van der Waals surface area contributed by atoms with E-state index in [4.69, 9.17) is 0 Å². The minimum atomic E-state index is -0.176. The van der Waals surface area contributed by atoms with Crippen LogP contribution in [0.1, 0.15) is 42.1 Å². The van der Waals surface area contributed by atoms with Crippen molar-refractivity contribution >= 4 is 16.8 Å². The van der Waals surface area contributed by atoms with Crippen molar-refractivity contribution in [3.05, 3.63) is 42.1 Å². The fourth-order valence-electron chi connectivity index (χ4n) is 2.93. The standard InChI is InChI=1S/C16H18N6O/c1-2-22-15(17-9-18-22)13(10-7-8-10)19-16(23)14-11-5-3-4-6-12(11)20-21-14/h3-6,9-10,13H,2,7-8H2,1H3,(H,19,23)(H,20,21). The van der Waals surface area contributed by atoms with Crippen LogP contribution in [0.2, 0.25) is 0 Å². The number of hydrogen-bond donors (Lipinski definition) is 2. The van der Waals surface area contributed by atoms with Crippen molar-refractivity contribution in [3.8, 4) is 0 Å². The van der Waals surface area contributed by atoms with Gasteiger partial charge in [0.2, 0.25) is 0 Å². The molecular weight excluding hydrogens is 292 g/mol. The molecule has 1 saturated carbocycles. The molecule has 1 aliphatic rings. The summed E-state index contributed by atoms with van der Waals surface area (Å²) in [5.74, 6) is 1.08. The molecule has 0 spiro atoms. The molecule has 1 fully saturated rings. The van der Waals surface area contributed by atoms with Gasteiger partial charge < -0.3 is 5.32 Å². The van der Waals surface area contributed by atoms with Crippen LogP contribution in [-0.2, 0) is 6.54 Å². The average Bonchev–Trinajstić information content (AvgIpc) is 3.15. The second-order valence-electron chi connectivity index (χ2n) is 5.84. The lowest BCUT2D eigenvalue weighted by Gasteiger charge is -2.17. The molecule has 2 N–H and O–H groups in total. The number of benzene rings is 1. The number of aryl methyl sites for hydroxylation is 1. The Labute approximate surface area is 133 Å². The fourth-order valence-corrected chi connectivity index (χ4v) is 2.93. The lowest BCUT2D eigenvalue weighted by Crippen LogP contribution is -2.32. The van der Waals surface area contributed by atoms with E-state index < -0.39 is 0 Å². The summed E-state index contributed by atoms with van der Waals surface area (Å²) in [6, 6.07) is 7.51. The molecule has 118 valence electrons. The number of fused-ring (bicyclic) bond motifs is 1. The second kappa shape index (κ2) is 5.49. The first-order valence-corrected chi connectivity index (χ1v) is 7.89. The van der Waals surface area contributed by atoms with Gasteiger partial charge in [0.05, 0.1) is 11.6 Å². The van der Waals surface area contributed by atoms with Gasteiger partial charge in [-0.25, -0.2) is 9.67 Å². The number of para-hydroxylation sites is 1. The number of hydrogen-bond acceptors (Lipinski definition) is 4. The van der Waals surface area contributed by atoms with E-state index in [1.54, 1.807) is 6.33 Å². The van der Waals surface area contributed by atoms with Crippen LogP contribution in [0.3, 0.4) is 0 Å². The van der Waals surface area contributed by atoms with Crippen LogP contribution >= 0.6 is 0 Å². The lowest BCUT2D eigenvalue weighted by atomic mass is 10.1. The number of amides is 1. The van der Waals surface area contributed by atoms with E-state index >= 15 is 0 Å². The molecule has 1 amide bonds. The van der Waals surface area contributed by atoms with Crippen molar-refractivity contribution in [1.29, 1.82) is 0 Å². The SMILES string of the molecule is CCn1ncnc1C(NC(=O)c1n[nH]c2ccccc12)C1CC1. The van der Waals surface area contributed by atoms with Gasteiger partial charge in [0, 0.05) is 11.9 Å². The smallest absolute Gasteiger partial charge is 0.273 e. The molecule has 0 saturated heterocycles. The molecule has 2 aromatic heterocycles. The molecule has 23 heavy (non-hydrogen) atoms. The largest absolute Gasteiger partial charge is 0.340 e. The third kappa shape index (κ3) is 2.48. The van der Waals surface area contributed by atoms with E-state index in [-0.39, 0.29) is 11.9 Å². The Kier molecular flexibility index (Phi) is 3.33. The van der Waals surface area contributed by atoms with Crippen LogP contribution < -0.4 is 5.32 Å². The van der Waals surface area contributed by atoms with Gasteiger partial charge in [-0.05, 0) is 31.7 Å². The number of carbonyl (C=O) groups is 1. The van der Waals surface area contributed by atoms with Crippen LogP contribution in [0.5, 0.6) is 0 Å². The van der Waals surface area contributed by atoms with E-state index in [1.165, 1.54) is 0 Å². The van der Waals surface area contributed by atoms with Crippen LogP contribution in [0.4, 0.5) is 0 Å². The van der Waals surface area contributed by atoms with Gasteiger partial charge in [-0.15, -0.1) is 0 Å². The number of aromatic nitrogens is 5. The number of rotatable bonds is 5. The summed E-state index contributed by atoms with van der Waals surface area (Å²) in [4.78, 5) is 17.1. The maximum atomic E-state index is 12.7. The maximum Gasteiger partial charge on any atom is 0.273 e. The quantitative estimate of drug-likeness (QED) is 0.755. The summed E-state index contributed by atoms with van der Waals surface area (Å²) in [6.07, 6.45) is 3.75. The maximum absolute atomic E-state index is 12.7. The molecule has 2 heterocycles. The number of nitrogens with zero attached hydrogens (tertiary/aromatic N) is 4. The first kappa shape index (κ1) is 13.9. The Morgan fingerprint density at radius 1 is 1.43 bits per heavy atom. The second-order valence-corrected chi connectivity index (χ2v) is 5.84. The van der Waals surface area contributed by atoms with Crippen molar-refractivity contribution in [1.82, 2.24) is 30.3 Å². The summed E-state index contributed by atoms with van der Waals surface area (Å²) in [5.41, 5.74) is 1.28. The van der Waals surface area contributed by atoms with Crippen LogP contribution in [-0.4, -0.2) is 30.9 Å².